The van der Waals surface area contributed by atoms with Crippen LogP contribution in [0.3, 0.4) is 0 Å². The van der Waals surface area contributed by atoms with Crippen molar-refractivity contribution in [1.29, 1.82) is 0 Å². The van der Waals surface area contributed by atoms with E-state index in [1.807, 2.05) is 48.5 Å². The van der Waals surface area contributed by atoms with E-state index in [1.54, 1.807) is 11.8 Å². The maximum atomic E-state index is 12.0. The Morgan fingerprint density at radius 3 is 2.44 bits per heavy atom. The van der Waals surface area contributed by atoms with Crippen LogP contribution in [0.15, 0.2) is 70.0 Å². The molecule has 3 rings (SSSR count). The third kappa shape index (κ3) is 5.76. The molecule has 128 valence electrons. The van der Waals surface area contributed by atoms with Gasteiger partial charge in [-0.1, -0.05) is 53.6 Å². The van der Waals surface area contributed by atoms with E-state index < -0.39 is 0 Å². The van der Waals surface area contributed by atoms with E-state index in [0.29, 0.717) is 25.2 Å². The van der Waals surface area contributed by atoms with Gasteiger partial charge in [0.05, 0.1) is 0 Å². The highest BCUT2D eigenvalue weighted by atomic mass is 32.2. The Labute approximate surface area is 150 Å². The summed E-state index contributed by atoms with van der Waals surface area (Å²) in [5.74, 6) is 1.24. The van der Waals surface area contributed by atoms with Crippen molar-refractivity contribution in [3.63, 3.8) is 0 Å². The van der Waals surface area contributed by atoms with Crippen molar-refractivity contribution in [2.24, 2.45) is 0 Å². The van der Waals surface area contributed by atoms with Crippen molar-refractivity contribution in [2.75, 3.05) is 11.1 Å². The minimum absolute atomic E-state index is 0.127. The van der Waals surface area contributed by atoms with Crippen LogP contribution in [0.2, 0.25) is 0 Å². The molecule has 25 heavy (non-hydrogen) atoms. The van der Waals surface area contributed by atoms with Crippen molar-refractivity contribution < 1.29 is 9.21 Å². The summed E-state index contributed by atoms with van der Waals surface area (Å²) in [6.07, 6.45) is 1.72. The lowest BCUT2D eigenvalue weighted by atomic mass is 10.1. The fourth-order valence-corrected chi connectivity index (χ4v) is 3.12. The second-order valence-electron chi connectivity index (χ2n) is 5.45. The SMILES string of the molecule is O=C(CCc1ccccc1)Nc1nnc(CCSc2ccccc2)o1. The predicted octanol–water partition coefficient (Wildman–Crippen LogP) is 3.98. The number of aromatic nitrogens is 2. The molecule has 0 bridgehead atoms. The third-order valence-corrected chi connectivity index (χ3v) is 4.54. The Morgan fingerprint density at radius 2 is 1.68 bits per heavy atom. The van der Waals surface area contributed by atoms with Crippen molar-refractivity contribution in [2.45, 2.75) is 24.2 Å². The lowest BCUT2D eigenvalue weighted by Crippen LogP contribution is -2.12. The second-order valence-corrected chi connectivity index (χ2v) is 6.61. The molecule has 2 aromatic carbocycles. The van der Waals surface area contributed by atoms with Gasteiger partial charge in [0, 0.05) is 23.5 Å². The Bertz CT molecular complexity index is 791. The minimum Gasteiger partial charge on any atom is -0.408 e. The van der Waals surface area contributed by atoms with Gasteiger partial charge < -0.3 is 4.42 Å². The van der Waals surface area contributed by atoms with Crippen molar-refractivity contribution in [1.82, 2.24) is 10.2 Å². The molecular formula is C19H19N3O2S. The van der Waals surface area contributed by atoms with Gasteiger partial charge in [0.1, 0.15) is 0 Å². The highest BCUT2D eigenvalue weighted by molar-refractivity contribution is 7.99. The molecular weight excluding hydrogens is 334 g/mol. The largest absolute Gasteiger partial charge is 0.408 e. The van der Waals surface area contributed by atoms with E-state index in [9.17, 15) is 4.79 Å². The van der Waals surface area contributed by atoms with Crippen LogP contribution in [0.4, 0.5) is 6.01 Å². The molecule has 1 N–H and O–H groups in total. The van der Waals surface area contributed by atoms with Gasteiger partial charge in [0.2, 0.25) is 11.8 Å². The predicted molar refractivity (Wildman–Crippen MR) is 98.6 cm³/mol. The second kappa shape index (κ2) is 9.03. The maximum Gasteiger partial charge on any atom is 0.322 e. The molecule has 1 heterocycles. The molecule has 3 aromatic rings. The van der Waals surface area contributed by atoms with Crippen molar-refractivity contribution in [3.8, 4) is 0 Å². The molecule has 0 radical (unpaired) electrons. The number of hydrogen-bond donors (Lipinski definition) is 1. The first-order valence-corrected chi connectivity index (χ1v) is 9.12. The molecule has 0 saturated carbocycles. The topological polar surface area (TPSA) is 68.0 Å². The molecule has 0 aliphatic heterocycles. The summed E-state index contributed by atoms with van der Waals surface area (Å²) < 4.78 is 5.48. The van der Waals surface area contributed by atoms with Gasteiger partial charge in [0.15, 0.2) is 0 Å². The molecule has 0 aliphatic carbocycles. The number of aryl methyl sites for hydroxylation is 2. The lowest BCUT2D eigenvalue weighted by Gasteiger charge is -2.01. The van der Waals surface area contributed by atoms with E-state index >= 15 is 0 Å². The highest BCUT2D eigenvalue weighted by Crippen LogP contribution is 2.18. The van der Waals surface area contributed by atoms with Gasteiger partial charge in [-0.05, 0) is 24.1 Å². The van der Waals surface area contributed by atoms with Crippen molar-refractivity contribution >= 4 is 23.7 Å². The summed E-state index contributed by atoms with van der Waals surface area (Å²) in [5, 5.41) is 10.5. The summed E-state index contributed by atoms with van der Waals surface area (Å²) in [7, 11) is 0. The van der Waals surface area contributed by atoms with Crippen LogP contribution in [0.5, 0.6) is 0 Å². The average Bonchev–Trinajstić information content (AvgIpc) is 3.09. The first-order valence-electron chi connectivity index (χ1n) is 8.13. The Balaban J connectivity index is 1.41. The third-order valence-electron chi connectivity index (χ3n) is 3.52. The van der Waals surface area contributed by atoms with Crippen LogP contribution in [-0.4, -0.2) is 21.9 Å². The smallest absolute Gasteiger partial charge is 0.322 e. The average molecular weight is 353 g/mol. The summed E-state index contributed by atoms with van der Waals surface area (Å²) in [6, 6.07) is 20.2. The first-order chi connectivity index (χ1) is 12.3. The quantitative estimate of drug-likeness (QED) is 0.621. The number of thioether (sulfide) groups is 1. The molecule has 0 saturated heterocycles. The van der Waals surface area contributed by atoms with Crippen LogP contribution in [0.25, 0.3) is 0 Å². The molecule has 6 heteroatoms. The molecule has 1 amide bonds. The number of anilines is 1. The molecule has 0 fully saturated rings. The summed E-state index contributed by atoms with van der Waals surface area (Å²) in [6.45, 7) is 0. The van der Waals surface area contributed by atoms with E-state index in [2.05, 4.69) is 27.6 Å². The molecule has 0 aliphatic rings. The molecule has 0 spiro atoms. The monoisotopic (exact) mass is 353 g/mol. The fraction of sp³-hybridized carbons (Fsp3) is 0.211. The van der Waals surface area contributed by atoms with Crippen LogP contribution >= 0.6 is 11.8 Å². The maximum absolute atomic E-state index is 12.0. The van der Waals surface area contributed by atoms with Crippen LogP contribution in [0.1, 0.15) is 17.9 Å². The number of carbonyl (C=O) groups is 1. The van der Waals surface area contributed by atoms with Gasteiger partial charge in [-0.3, -0.25) is 10.1 Å². The summed E-state index contributed by atoms with van der Waals surface area (Å²) in [5.41, 5.74) is 1.13. The number of rotatable bonds is 8. The van der Waals surface area contributed by atoms with E-state index in [1.165, 1.54) is 4.90 Å². The van der Waals surface area contributed by atoms with Gasteiger partial charge in [0.25, 0.3) is 0 Å². The normalized spacial score (nSPS) is 10.6. The zero-order valence-electron chi connectivity index (χ0n) is 13.7. The van der Waals surface area contributed by atoms with Crippen LogP contribution < -0.4 is 5.32 Å². The van der Waals surface area contributed by atoms with E-state index in [0.717, 1.165) is 11.3 Å². The minimum atomic E-state index is -0.127. The molecule has 1 aromatic heterocycles. The zero-order chi connectivity index (χ0) is 17.3. The Morgan fingerprint density at radius 1 is 0.960 bits per heavy atom. The zero-order valence-corrected chi connectivity index (χ0v) is 14.5. The molecule has 5 nitrogen and oxygen atoms in total. The summed E-state index contributed by atoms with van der Waals surface area (Å²) in [4.78, 5) is 13.2. The molecule has 0 unspecified atom stereocenters. The number of hydrogen-bond acceptors (Lipinski definition) is 5. The fourth-order valence-electron chi connectivity index (χ4n) is 2.26. The highest BCUT2D eigenvalue weighted by Gasteiger charge is 2.10. The van der Waals surface area contributed by atoms with Gasteiger partial charge in [-0.15, -0.1) is 16.9 Å². The lowest BCUT2D eigenvalue weighted by molar-refractivity contribution is -0.116. The van der Waals surface area contributed by atoms with Gasteiger partial charge >= 0.3 is 6.01 Å². The van der Waals surface area contributed by atoms with Gasteiger partial charge in [-0.2, -0.15) is 0 Å². The molecule has 0 atom stereocenters. The summed E-state index contributed by atoms with van der Waals surface area (Å²) >= 11 is 1.73. The number of amides is 1. The van der Waals surface area contributed by atoms with Crippen LogP contribution in [0, 0.1) is 0 Å². The number of carbonyl (C=O) groups excluding carboxylic acids is 1. The Kier molecular flexibility index (Phi) is 6.23. The first kappa shape index (κ1) is 17.2. The number of nitrogens with one attached hydrogen (secondary N) is 1. The van der Waals surface area contributed by atoms with E-state index in [4.69, 9.17) is 4.42 Å². The number of nitrogens with zero attached hydrogens (tertiary/aromatic N) is 2. The number of benzene rings is 2. The Hall–Kier alpha value is -2.60. The standard InChI is InChI=1S/C19H19N3O2S/c23-17(12-11-15-7-3-1-4-8-15)20-19-22-21-18(24-19)13-14-25-16-9-5-2-6-10-16/h1-10H,11-14H2,(H,20,22,23). The van der Waals surface area contributed by atoms with Crippen molar-refractivity contribution in [3.05, 3.63) is 72.1 Å². The van der Waals surface area contributed by atoms with Crippen LogP contribution in [-0.2, 0) is 17.6 Å². The van der Waals surface area contributed by atoms with E-state index in [-0.39, 0.29) is 11.9 Å². The van der Waals surface area contributed by atoms with Gasteiger partial charge in [-0.25, -0.2) is 0 Å².